The lowest BCUT2D eigenvalue weighted by Gasteiger charge is -2.08. The number of pyridine rings is 1. The summed E-state index contributed by atoms with van der Waals surface area (Å²) in [5.74, 6) is 0.373. The van der Waals surface area contributed by atoms with E-state index in [1.165, 1.54) is 13.1 Å². The molecular weight excluding hydrogens is 206 g/mol. The summed E-state index contributed by atoms with van der Waals surface area (Å²) in [7, 11) is 0. The molecule has 0 aliphatic rings. The zero-order valence-corrected chi connectivity index (χ0v) is 8.95. The van der Waals surface area contributed by atoms with E-state index in [0.717, 1.165) is 0 Å². The van der Waals surface area contributed by atoms with Crippen LogP contribution in [0.4, 0.5) is 11.5 Å². The molecule has 0 spiro atoms. The highest BCUT2D eigenvalue weighted by Crippen LogP contribution is 2.18. The lowest BCUT2D eigenvalue weighted by Crippen LogP contribution is -2.26. The number of nitriles is 1. The molecular formula is C10H13N5O. The molecule has 0 bridgehead atoms. The molecule has 1 amide bonds. The molecule has 0 saturated carbocycles. The molecule has 0 aliphatic carbocycles. The molecule has 0 aromatic carbocycles. The monoisotopic (exact) mass is 219 g/mol. The Morgan fingerprint density at radius 1 is 1.62 bits per heavy atom. The topological polar surface area (TPSA) is 104 Å². The summed E-state index contributed by atoms with van der Waals surface area (Å²) in [6, 6.07) is 3.52. The Hall–Kier alpha value is -2.29. The van der Waals surface area contributed by atoms with Crippen molar-refractivity contribution in [3.63, 3.8) is 0 Å². The Labute approximate surface area is 93.5 Å². The number of carbonyl (C=O) groups is 1. The third-order valence-corrected chi connectivity index (χ3v) is 1.90. The molecule has 0 saturated heterocycles. The predicted octanol–water partition coefficient (Wildman–Crippen LogP) is 0.0835. The van der Waals surface area contributed by atoms with Crippen LogP contribution >= 0.6 is 0 Å². The number of aromatic nitrogens is 1. The van der Waals surface area contributed by atoms with E-state index >= 15 is 0 Å². The molecule has 1 aromatic rings. The van der Waals surface area contributed by atoms with Crippen LogP contribution in [0.5, 0.6) is 0 Å². The van der Waals surface area contributed by atoms with E-state index in [9.17, 15) is 4.79 Å². The molecule has 0 aliphatic heterocycles. The third kappa shape index (κ3) is 3.13. The molecule has 1 rings (SSSR count). The van der Waals surface area contributed by atoms with Gasteiger partial charge in [0.2, 0.25) is 5.91 Å². The molecule has 0 fully saturated rings. The lowest BCUT2D eigenvalue weighted by molar-refractivity contribution is -0.118. The summed E-state index contributed by atoms with van der Waals surface area (Å²) >= 11 is 0. The zero-order valence-electron chi connectivity index (χ0n) is 8.95. The fraction of sp³-hybridized carbons (Fsp3) is 0.300. The standard InChI is InChI=1S/C10H13N5O/c1-7(16)13-4-5-15-10-9(12)8(6-11)2-3-14-10/h2-3H,4-5,12H2,1H3,(H,13,16)(H,14,15). The van der Waals surface area contributed by atoms with Crippen molar-refractivity contribution in [1.82, 2.24) is 10.3 Å². The van der Waals surface area contributed by atoms with Gasteiger partial charge >= 0.3 is 0 Å². The first-order valence-electron chi connectivity index (χ1n) is 4.78. The van der Waals surface area contributed by atoms with Gasteiger partial charge in [-0.15, -0.1) is 0 Å². The number of hydrogen-bond donors (Lipinski definition) is 3. The molecule has 0 unspecified atom stereocenters. The van der Waals surface area contributed by atoms with Gasteiger partial charge in [-0.25, -0.2) is 4.98 Å². The number of anilines is 2. The Balaban J connectivity index is 2.55. The van der Waals surface area contributed by atoms with Crippen molar-refractivity contribution in [2.75, 3.05) is 24.1 Å². The highest BCUT2D eigenvalue weighted by molar-refractivity contribution is 5.73. The molecule has 84 valence electrons. The highest BCUT2D eigenvalue weighted by Gasteiger charge is 2.04. The average Bonchev–Trinajstić information content (AvgIpc) is 2.26. The van der Waals surface area contributed by atoms with E-state index in [2.05, 4.69) is 15.6 Å². The average molecular weight is 219 g/mol. The van der Waals surface area contributed by atoms with Crippen molar-refractivity contribution >= 4 is 17.4 Å². The molecule has 1 heterocycles. The summed E-state index contributed by atoms with van der Waals surface area (Å²) in [4.78, 5) is 14.6. The van der Waals surface area contributed by atoms with Crippen LogP contribution in [0.2, 0.25) is 0 Å². The normalized spacial score (nSPS) is 9.25. The van der Waals surface area contributed by atoms with E-state index in [4.69, 9.17) is 11.0 Å². The van der Waals surface area contributed by atoms with Crippen LogP contribution in [0.1, 0.15) is 12.5 Å². The maximum absolute atomic E-state index is 10.6. The van der Waals surface area contributed by atoms with Crippen LogP contribution in [0.25, 0.3) is 0 Å². The molecule has 6 heteroatoms. The van der Waals surface area contributed by atoms with Crippen molar-refractivity contribution in [2.45, 2.75) is 6.92 Å². The van der Waals surface area contributed by atoms with Crippen LogP contribution in [-0.2, 0) is 4.79 Å². The minimum Gasteiger partial charge on any atom is -0.395 e. The second kappa shape index (κ2) is 5.56. The number of nitrogens with one attached hydrogen (secondary N) is 2. The summed E-state index contributed by atoms with van der Waals surface area (Å²) in [6.45, 7) is 2.43. The van der Waals surface area contributed by atoms with Crippen molar-refractivity contribution < 1.29 is 4.79 Å². The van der Waals surface area contributed by atoms with Gasteiger partial charge in [-0.2, -0.15) is 5.26 Å². The fourth-order valence-electron chi connectivity index (χ4n) is 1.13. The highest BCUT2D eigenvalue weighted by atomic mass is 16.1. The van der Waals surface area contributed by atoms with E-state index < -0.39 is 0 Å². The second-order valence-electron chi connectivity index (χ2n) is 3.14. The van der Waals surface area contributed by atoms with Gasteiger partial charge in [0.15, 0.2) is 5.82 Å². The first kappa shape index (κ1) is 11.8. The van der Waals surface area contributed by atoms with Gasteiger partial charge < -0.3 is 16.4 Å². The van der Waals surface area contributed by atoms with E-state index in [-0.39, 0.29) is 5.91 Å². The maximum atomic E-state index is 10.6. The van der Waals surface area contributed by atoms with Crippen molar-refractivity contribution in [2.24, 2.45) is 0 Å². The van der Waals surface area contributed by atoms with Crippen LogP contribution in [0.3, 0.4) is 0 Å². The number of amides is 1. The van der Waals surface area contributed by atoms with Gasteiger partial charge in [0.1, 0.15) is 6.07 Å². The van der Waals surface area contributed by atoms with Crippen molar-refractivity contribution in [3.05, 3.63) is 17.8 Å². The minimum atomic E-state index is -0.0893. The number of carbonyl (C=O) groups excluding carboxylic acids is 1. The summed E-state index contributed by atoms with van der Waals surface area (Å²) in [6.07, 6.45) is 1.51. The third-order valence-electron chi connectivity index (χ3n) is 1.90. The molecule has 16 heavy (non-hydrogen) atoms. The first-order valence-corrected chi connectivity index (χ1v) is 4.78. The summed E-state index contributed by atoms with van der Waals surface area (Å²) in [5, 5.41) is 14.3. The Kier molecular flexibility index (Phi) is 4.09. The van der Waals surface area contributed by atoms with Gasteiger partial charge in [0.05, 0.1) is 11.3 Å². The number of hydrogen-bond acceptors (Lipinski definition) is 5. The largest absolute Gasteiger partial charge is 0.395 e. The Morgan fingerprint density at radius 2 is 2.38 bits per heavy atom. The lowest BCUT2D eigenvalue weighted by atomic mass is 10.2. The first-order chi connectivity index (χ1) is 7.65. The molecule has 4 N–H and O–H groups in total. The van der Waals surface area contributed by atoms with Crippen molar-refractivity contribution in [3.8, 4) is 6.07 Å². The minimum absolute atomic E-state index is 0.0893. The summed E-state index contributed by atoms with van der Waals surface area (Å²) in [5.41, 5.74) is 6.41. The second-order valence-corrected chi connectivity index (χ2v) is 3.14. The Bertz CT molecular complexity index is 424. The number of nitrogen functional groups attached to an aromatic ring is 1. The van der Waals surface area contributed by atoms with Crippen molar-refractivity contribution in [1.29, 1.82) is 5.26 Å². The van der Waals surface area contributed by atoms with Gasteiger partial charge in [-0.05, 0) is 6.07 Å². The zero-order chi connectivity index (χ0) is 12.0. The quantitative estimate of drug-likeness (QED) is 0.622. The van der Waals surface area contributed by atoms with E-state index in [0.29, 0.717) is 30.2 Å². The van der Waals surface area contributed by atoms with Gasteiger partial charge in [-0.3, -0.25) is 4.79 Å². The van der Waals surface area contributed by atoms with Crippen LogP contribution in [0.15, 0.2) is 12.3 Å². The Morgan fingerprint density at radius 3 is 3.00 bits per heavy atom. The fourth-order valence-corrected chi connectivity index (χ4v) is 1.13. The van der Waals surface area contributed by atoms with Gasteiger partial charge in [0.25, 0.3) is 0 Å². The van der Waals surface area contributed by atoms with Crippen LogP contribution in [0, 0.1) is 11.3 Å². The number of nitrogens with zero attached hydrogens (tertiary/aromatic N) is 2. The van der Waals surface area contributed by atoms with E-state index in [1.807, 2.05) is 6.07 Å². The van der Waals surface area contributed by atoms with E-state index in [1.54, 1.807) is 6.07 Å². The molecule has 0 radical (unpaired) electrons. The SMILES string of the molecule is CC(=O)NCCNc1nccc(C#N)c1N. The molecule has 0 atom stereocenters. The smallest absolute Gasteiger partial charge is 0.216 e. The number of nitrogens with two attached hydrogens (primary N) is 1. The maximum Gasteiger partial charge on any atom is 0.216 e. The van der Waals surface area contributed by atoms with Crippen LogP contribution in [-0.4, -0.2) is 24.0 Å². The molecule has 6 nitrogen and oxygen atoms in total. The predicted molar refractivity (Wildman–Crippen MR) is 60.5 cm³/mol. The number of rotatable bonds is 4. The van der Waals surface area contributed by atoms with Crippen LogP contribution < -0.4 is 16.4 Å². The van der Waals surface area contributed by atoms with Gasteiger partial charge in [-0.1, -0.05) is 0 Å². The van der Waals surface area contributed by atoms with Gasteiger partial charge in [0, 0.05) is 26.2 Å². The summed E-state index contributed by atoms with van der Waals surface area (Å²) < 4.78 is 0. The molecule has 1 aromatic heterocycles.